The Morgan fingerprint density at radius 2 is 2.00 bits per heavy atom. The van der Waals surface area contributed by atoms with Gasteiger partial charge in [-0.2, -0.15) is 0 Å². The van der Waals surface area contributed by atoms with Gasteiger partial charge in [-0.15, -0.1) is 0 Å². The fourth-order valence-corrected chi connectivity index (χ4v) is 4.36. The molecule has 0 radical (unpaired) electrons. The van der Waals surface area contributed by atoms with Crippen LogP contribution in [-0.2, 0) is 19.4 Å². The van der Waals surface area contributed by atoms with Crippen molar-refractivity contribution in [2.75, 3.05) is 0 Å². The molecule has 0 aromatic heterocycles. The van der Waals surface area contributed by atoms with Crippen molar-refractivity contribution in [1.29, 1.82) is 0 Å². The highest BCUT2D eigenvalue weighted by Gasteiger charge is 2.69. The molecule has 0 aromatic rings. The van der Waals surface area contributed by atoms with Crippen LogP contribution in [0.15, 0.2) is 12.2 Å². The summed E-state index contributed by atoms with van der Waals surface area (Å²) >= 11 is 0. The lowest BCUT2D eigenvalue weighted by molar-refractivity contribution is -0.152. The van der Waals surface area contributed by atoms with Gasteiger partial charge in [0.15, 0.2) is 21.3 Å². The molecule has 2 rings (SSSR count). The number of rotatable bonds is 1. The second-order valence-corrected chi connectivity index (χ2v) is 7.07. The van der Waals surface area contributed by atoms with Crippen molar-refractivity contribution in [3.05, 3.63) is 12.2 Å². The predicted molar refractivity (Wildman–Crippen MR) is 54.2 cm³/mol. The summed E-state index contributed by atoms with van der Waals surface area (Å²) in [7, 11) is -3.72. The van der Waals surface area contributed by atoms with E-state index in [1.165, 1.54) is 13.8 Å². The van der Waals surface area contributed by atoms with E-state index >= 15 is 0 Å². The number of β-lactam (4-membered cyclic amide) rings is 1. The lowest BCUT2D eigenvalue weighted by atomic mass is 9.96. The lowest BCUT2D eigenvalue weighted by Crippen LogP contribution is -2.58. The van der Waals surface area contributed by atoms with Crippen molar-refractivity contribution < 1.29 is 23.1 Å². The average molecular weight is 245 g/mol. The molecule has 2 saturated heterocycles. The van der Waals surface area contributed by atoms with Gasteiger partial charge in [0, 0.05) is 5.57 Å². The van der Waals surface area contributed by atoms with Gasteiger partial charge in [0.05, 0.1) is 0 Å². The second kappa shape index (κ2) is 2.65. The number of sulfone groups is 1. The number of carboxylic acid groups (broad SMARTS) is 1. The minimum atomic E-state index is -3.72. The van der Waals surface area contributed by atoms with Crippen LogP contribution in [0.1, 0.15) is 13.8 Å². The molecule has 2 atom stereocenters. The van der Waals surface area contributed by atoms with Crippen LogP contribution in [0.2, 0.25) is 0 Å². The number of carbonyl (C=O) groups is 2. The number of hydrogen-bond acceptors (Lipinski definition) is 4. The molecule has 2 aliphatic rings. The molecule has 16 heavy (non-hydrogen) atoms. The number of nitrogens with zero attached hydrogens (tertiary/aromatic N) is 1. The number of fused-ring (bicyclic) bond motifs is 1. The fraction of sp³-hybridized carbons (Fsp3) is 0.556. The Balaban J connectivity index is 2.64. The van der Waals surface area contributed by atoms with Crippen LogP contribution in [0.5, 0.6) is 0 Å². The summed E-state index contributed by atoms with van der Waals surface area (Å²) in [6.45, 7) is 6.01. The molecule has 2 aliphatic heterocycles. The molecule has 2 heterocycles. The summed E-state index contributed by atoms with van der Waals surface area (Å²) < 4.78 is 22.6. The third-order valence-electron chi connectivity index (χ3n) is 3.26. The first-order valence-corrected chi connectivity index (χ1v) is 6.16. The summed E-state index contributed by atoms with van der Waals surface area (Å²) in [5.41, 5.74) is -0.0446. The Bertz CT molecular complexity index is 518. The normalized spacial score (nSPS) is 34.5. The van der Waals surface area contributed by atoms with Gasteiger partial charge < -0.3 is 10.0 Å². The molecule has 6 nitrogen and oxygen atoms in total. The largest absolute Gasteiger partial charge is 0.480 e. The van der Waals surface area contributed by atoms with Crippen LogP contribution in [0.4, 0.5) is 0 Å². The quantitative estimate of drug-likeness (QED) is 0.490. The lowest BCUT2D eigenvalue weighted by Gasteiger charge is -2.37. The van der Waals surface area contributed by atoms with E-state index in [4.69, 9.17) is 5.11 Å². The maximum atomic E-state index is 12.0. The van der Waals surface area contributed by atoms with Gasteiger partial charge in [-0.05, 0) is 13.8 Å². The second-order valence-electron chi connectivity index (χ2n) is 4.48. The Hall–Kier alpha value is -1.37. The van der Waals surface area contributed by atoms with E-state index in [2.05, 4.69) is 6.58 Å². The van der Waals surface area contributed by atoms with Gasteiger partial charge in [-0.1, -0.05) is 6.58 Å². The van der Waals surface area contributed by atoms with Gasteiger partial charge in [0.2, 0.25) is 0 Å². The van der Waals surface area contributed by atoms with Crippen LogP contribution in [0.25, 0.3) is 0 Å². The summed E-state index contributed by atoms with van der Waals surface area (Å²) in [6, 6.07) is -1.33. The van der Waals surface area contributed by atoms with E-state index in [0.29, 0.717) is 0 Å². The molecule has 1 amide bonds. The Kier molecular flexibility index (Phi) is 1.84. The topological polar surface area (TPSA) is 91.8 Å². The molecule has 88 valence electrons. The van der Waals surface area contributed by atoms with Crippen LogP contribution in [0.3, 0.4) is 0 Å². The summed E-state index contributed by atoms with van der Waals surface area (Å²) in [5, 5.41) is 7.86. The van der Waals surface area contributed by atoms with E-state index in [9.17, 15) is 18.0 Å². The SMILES string of the molecule is C=C1C(=O)N2[C@@H](C(=O)O)C(C)(C)S(=O)(=O)[C@H]12. The number of amides is 1. The molecule has 1 N–H and O–H groups in total. The Morgan fingerprint density at radius 3 is 2.44 bits per heavy atom. The zero-order valence-electron chi connectivity index (χ0n) is 8.80. The van der Waals surface area contributed by atoms with E-state index in [1.807, 2.05) is 0 Å². The standard InChI is InChI=1S/C9H11NO5S/c1-4-6(11)10-5(8(12)13)9(2,3)16(14,15)7(4)10/h5,7H,1H2,2-3H3,(H,12,13)/t5-,7+/m0/s1. The van der Waals surface area contributed by atoms with Gasteiger partial charge in [0.25, 0.3) is 5.91 Å². The average Bonchev–Trinajstić information content (AvgIpc) is 2.28. The molecule has 7 heteroatoms. The zero-order chi connectivity index (χ0) is 12.5. The highest BCUT2D eigenvalue weighted by atomic mass is 32.2. The first kappa shape index (κ1) is 11.1. The highest BCUT2D eigenvalue weighted by molar-refractivity contribution is 7.94. The highest BCUT2D eigenvalue weighted by Crippen LogP contribution is 2.47. The van der Waals surface area contributed by atoms with Gasteiger partial charge in [-0.25, -0.2) is 13.2 Å². The molecule has 0 saturated carbocycles. The smallest absolute Gasteiger partial charge is 0.328 e. The van der Waals surface area contributed by atoms with E-state index in [1.54, 1.807) is 0 Å². The van der Waals surface area contributed by atoms with Gasteiger partial charge in [-0.3, -0.25) is 4.79 Å². The van der Waals surface area contributed by atoms with Crippen LogP contribution in [-0.4, -0.2) is 46.5 Å². The molecule has 0 unspecified atom stereocenters. The van der Waals surface area contributed by atoms with Gasteiger partial charge in [0.1, 0.15) is 4.75 Å². The van der Waals surface area contributed by atoms with Crippen molar-refractivity contribution in [2.24, 2.45) is 0 Å². The molecule has 0 bridgehead atoms. The molecule has 0 spiro atoms. The van der Waals surface area contributed by atoms with Gasteiger partial charge >= 0.3 is 5.97 Å². The monoisotopic (exact) mass is 245 g/mol. The van der Waals surface area contributed by atoms with Crippen molar-refractivity contribution in [1.82, 2.24) is 4.90 Å². The minimum absolute atomic E-state index is 0.0446. The minimum Gasteiger partial charge on any atom is -0.480 e. The third kappa shape index (κ3) is 0.897. The molecule has 0 aliphatic carbocycles. The molecule has 2 fully saturated rings. The van der Waals surface area contributed by atoms with E-state index in [0.717, 1.165) is 4.90 Å². The maximum absolute atomic E-state index is 12.0. The third-order valence-corrected chi connectivity index (χ3v) is 6.05. The summed E-state index contributed by atoms with van der Waals surface area (Å²) in [6.07, 6.45) is 0. The maximum Gasteiger partial charge on any atom is 0.328 e. The first-order chi connectivity index (χ1) is 7.14. The molecule has 0 aromatic carbocycles. The summed E-state index contributed by atoms with van der Waals surface area (Å²) in [5.74, 6) is -1.90. The Morgan fingerprint density at radius 1 is 1.50 bits per heavy atom. The molecular formula is C9H11NO5S. The van der Waals surface area contributed by atoms with Crippen molar-refractivity contribution in [2.45, 2.75) is 30.0 Å². The molecular weight excluding hydrogens is 234 g/mol. The van der Waals surface area contributed by atoms with Crippen LogP contribution in [0, 0.1) is 0 Å². The number of carbonyl (C=O) groups excluding carboxylic acids is 1. The predicted octanol–water partition coefficient (Wildman–Crippen LogP) is -0.629. The number of aliphatic carboxylic acids is 1. The number of hydrogen-bond donors (Lipinski definition) is 1. The fourth-order valence-electron chi connectivity index (χ4n) is 2.26. The van der Waals surface area contributed by atoms with Crippen molar-refractivity contribution in [3.63, 3.8) is 0 Å². The van der Waals surface area contributed by atoms with E-state index in [-0.39, 0.29) is 5.57 Å². The first-order valence-electron chi connectivity index (χ1n) is 4.61. The van der Waals surface area contributed by atoms with Crippen molar-refractivity contribution in [3.8, 4) is 0 Å². The van der Waals surface area contributed by atoms with Crippen molar-refractivity contribution >= 4 is 21.7 Å². The van der Waals surface area contributed by atoms with Crippen LogP contribution < -0.4 is 0 Å². The van der Waals surface area contributed by atoms with E-state index < -0.39 is 37.9 Å². The Labute approximate surface area is 92.5 Å². The summed E-state index contributed by atoms with van der Waals surface area (Å²) in [4.78, 5) is 23.4. The number of carboxylic acids is 1. The van der Waals surface area contributed by atoms with Crippen LogP contribution >= 0.6 is 0 Å². The zero-order valence-corrected chi connectivity index (χ0v) is 9.61.